The van der Waals surface area contributed by atoms with Crippen LogP contribution < -0.4 is 9.64 Å². The standard InChI is InChI=1S/C26H20Cl3NO5/c1-3-35-21-12-14(8-10-20(21)31)23-22(24(32)15-7-9-17(28)18(29)11-15)25(33)26(34)30(23)19-6-4-5-16(27)13(19)2/h4-12,23,31-32H,3H2,1-2H3/b24-22+. The molecule has 0 aromatic heterocycles. The molecule has 1 unspecified atom stereocenters. The number of hydrogen-bond acceptors (Lipinski definition) is 5. The number of carbonyl (C=O) groups is 2. The van der Waals surface area contributed by atoms with Crippen molar-refractivity contribution < 1.29 is 24.5 Å². The minimum absolute atomic E-state index is 0.101. The molecule has 1 aliphatic heterocycles. The fraction of sp³-hybridized carbons (Fsp3) is 0.154. The monoisotopic (exact) mass is 531 g/mol. The number of ether oxygens (including phenoxy) is 1. The molecule has 3 aromatic carbocycles. The number of phenols is 1. The van der Waals surface area contributed by atoms with Gasteiger partial charge in [-0.25, -0.2) is 0 Å². The molecule has 35 heavy (non-hydrogen) atoms. The lowest BCUT2D eigenvalue weighted by Gasteiger charge is -2.27. The summed E-state index contributed by atoms with van der Waals surface area (Å²) in [5.74, 6) is -2.07. The molecule has 1 aliphatic rings. The Kier molecular flexibility index (Phi) is 6.99. The number of aromatic hydroxyl groups is 1. The number of halogens is 3. The molecule has 9 heteroatoms. The zero-order chi connectivity index (χ0) is 25.4. The van der Waals surface area contributed by atoms with Crippen LogP contribution in [-0.2, 0) is 9.59 Å². The topological polar surface area (TPSA) is 87.1 Å². The number of aliphatic hydroxyl groups excluding tert-OH is 1. The van der Waals surface area contributed by atoms with Crippen molar-refractivity contribution in [1.29, 1.82) is 0 Å². The predicted octanol–water partition coefficient (Wildman–Crippen LogP) is 6.69. The average molecular weight is 533 g/mol. The number of hydrogen-bond donors (Lipinski definition) is 2. The number of rotatable bonds is 5. The van der Waals surface area contributed by atoms with Crippen LogP contribution in [0.5, 0.6) is 11.5 Å². The number of ketones is 1. The van der Waals surface area contributed by atoms with Gasteiger partial charge in [-0.1, -0.05) is 46.9 Å². The second kappa shape index (κ2) is 9.82. The van der Waals surface area contributed by atoms with Gasteiger partial charge < -0.3 is 14.9 Å². The summed E-state index contributed by atoms with van der Waals surface area (Å²) in [6, 6.07) is 12.9. The highest BCUT2D eigenvalue weighted by atomic mass is 35.5. The van der Waals surface area contributed by atoms with Crippen LogP contribution in [0.2, 0.25) is 15.1 Å². The van der Waals surface area contributed by atoms with Gasteiger partial charge in [-0.2, -0.15) is 0 Å². The van der Waals surface area contributed by atoms with Gasteiger partial charge in [0, 0.05) is 16.3 Å². The van der Waals surface area contributed by atoms with E-state index in [4.69, 9.17) is 39.5 Å². The maximum atomic E-state index is 13.4. The molecule has 180 valence electrons. The SMILES string of the molecule is CCOc1cc(C2/C(=C(\O)c3ccc(Cl)c(Cl)c3)C(=O)C(=O)N2c2cccc(Cl)c2C)ccc1O. The minimum Gasteiger partial charge on any atom is -0.507 e. The average Bonchev–Trinajstić information content (AvgIpc) is 3.09. The van der Waals surface area contributed by atoms with Gasteiger partial charge in [-0.05, 0) is 67.4 Å². The number of amides is 1. The summed E-state index contributed by atoms with van der Waals surface area (Å²) in [7, 11) is 0. The van der Waals surface area contributed by atoms with E-state index in [0.29, 0.717) is 21.8 Å². The molecule has 0 saturated carbocycles. The normalized spacial score (nSPS) is 17.2. The van der Waals surface area contributed by atoms with Crippen LogP contribution in [0.1, 0.15) is 29.7 Å². The van der Waals surface area contributed by atoms with Gasteiger partial charge in [-0.15, -0.1) is 0 Å². The molecule has 6 nitrogen and oxygen atoms in total. The molecule has 0 bridgehead atoms. The second-order valence-electron chi connectivity index (χ2n) is 7.84. The fourth-order valence-corrected chi connectivity index (χ4v) is 4.49. The maximum Gasteiger partial charge on any atom is 0.300 e. The lowest BCUT2D eigenvalue weighted by Crippen LogP contribution is -2.30. The highest BCUT2D eigenvalue weighted by Gasteiger charge is 2.47. The molecular formula is C26H20Cl3NO5. The third kappa shape index (κ3) is 4.45. The van der Waals surface area contributed by atoms with Crippen LogP contribution >= 0.6 is 34.8 Å². The quantitative estimate of drug-likeness (QED) is 0.217. The molecule has 1 heterocycles. The van der Waals surface area contributed by atoms with Crippen molar-refractivity contribution in [3.05, 3.63) is 91.9 Å². The summed E-state index contributed by atoms with van der Waals surface area (Å²) < 4.78 is 5.51. The number of Topliss-reactive ketones (excluding diaryl/α,β-unsaturated/α-hetero) is 1. The lowest BCUT2D eigenvalue weighted by molar-refractivity contribution is -0.132. The molecule has 1 saturated heterocycles. The summed E-state index contributed by atoms with van der Waals surface area (Å²) >= 11 is 18.5. The number of benzene rings is 3. The fourth-order valence-electron chi connectivity index (χ4n) is 4.02. The van der Waals surface area contributed by atoms with Gasteiger partial charge >= 0.3 is 0 Å². The van der Waals surface area contributed by atoms with Crippen LogP contribution in [0.15, 0.2) is 60.2 Å². The number of carbonyl (C=O) groups excluding carboxylic acids is 2. The molecule has 1 fully saturated rings. The van der Waals surface area contributed by atoms with E-state index < -0.39 is 23.5 Å². The Morgan fingerprint density at radius 1 is 1.00 bits per heavy atom. The van der Waals surface area contributed by atoms with E-state index in [2.05, 4.69) is 0 Å². The molecule has 2 N–H and O–H groups in total. The van der Waals surface area contributed by atoms with Gasteiger partial charge in [0.25, 0.3) is 11.7 Å². The summed E-state index contributed by atoms with van der Waals surface area (Å²) in [5, 5.41) is 22.3. The second-order valence-corrected chi connectivity index (χ2v) is 9.06. The van der Waals surface area contributed by atoms with E-state index in [0.717, 1.165) is 0 Å². The van der Waals surface area contributed by atoms with E-state index in [9.17, 15) is 19.8 Å². The first-order chi connectivity index (χ1) is 16.6. The first-order valence-electron chi connectivity index (χ1n) is 10.6. The Labute approximate surface area is 216 Å². The Hall–Kier alpha value is -3.19. The summed E-state index contributed by atoms with van der Waals surface area (Å²) in [4.78, 5) is 28.0. The van der Waals surface area contributed by atoms with Crippen molar-refractivity contribution in [3.63, 3.8) is 0 Å². The largest absolute Gasteiger partial charge is 0.507 e. The Bertz CT molecular complexity index is 1390. The highest BCUT2D eigenvalue weighted by Crippen LogP contribution is 2.45. The summed E-state index contributed by atoms with van der Waals surface area (Å²) in [5.41, 5.74) is 1.49. The number of nitrogens with zero attached hydrogens (tertiary/aromatic N) is 1. The van der Waals surface area contributed by atoms with E-state index >= 15 is 0 Å². The van der Waals surface area contributed by atoms with Crippen molar-refractivity contribution >= 4 is 57.9 Å². The van der Waals surface area contributed by atoms with Gasteiger partial charge in [0.05, 0.1) is 28.3 Å². The van der Waals surface area contributed by atoms with Gasteiger partial charge in [0.2, 0.25) is 0 Å². The number of aliphatic hydroxyl groups is 1. The van der Waals surface area contributed by atoms with E-state index in [1.54, 1.807) is 38.1 Å². The maximum absolute atomic E-state index is 13.4. The third-order valence-electron chi connectivity index (χ3n) is 5.74. The number of phenolic OH excluding ortho intramolecular Hbond substituents is 1. The van der Waals surface area contributed by atoms with Gasteiger partial charge in [0.1, 0.15) is 5.76 Å². The van der Waals surface area contributed by atoms with E-state index in [1.165, 1.54) is 35.2 Å². The zero-order valence-corrected chi connectivity index (χ0v) is 20.9. The highest BCUT2D eigenvalue weighted by molar-refractivity contribution is 6.52. The zero-order valence-electron chi connectivity index (χ0n) is 18.7. The van der Waals surface area contributed by atoms with Crippen molar-refractivity contribution in [2.75, 3.05) is 11.5 Å². The summed E-state index contributed by atoms with van der Waals surface area (Å²) in [6.07, 6.45) is 0. The minimum atomic E-state index is -1.04. The summed E-state index contributed by atoms with van der Waals surface area (Å²) in [6.45, 7) is 3.78. The Balaban J connectivity index is 2.00. The molecule has 0 spiro atoms. The van der Waals surface area contributed by atoms with E-state index in [-0.39, 0.29) is 39.3 Å². The van der Waals surface area contributed by atoms with Gasteiger partial charge in [0.15, 0.2) is 11.5 Å². The predicted molar refractivity (Wildman–Crippen MR) is 137 cm³/mol. The molecule has 1 atom stereocenters. The van der Waals surface area contributed by atoms with Gasteiger partial charge in [-0.3, -0.25) is 14.5 Å². The molecule has 4 rings (SSSR count). The first kappa shape index (κ1) is 24.9. The first-order valence-corrected chi connectivity index (χ1v) is 11.8. The van der Waals surface area contributed by atoms with Crippen molar-refractivity contribution in [2.24, 2.45) is 0 Å². The smallest absolute Gasteiger partial charge is 0.300 e. The van der Waals surface area contributed by atoms with Crippen molar-refractivity contribution in [3.8, 4) is 11.5 Å². The van der Waals surface area contributed by atoms with Crippen LogP contribution in [0.25, 0.3) is 5.76 Å². The molecule has 3 aromatic rings. The molecule has 0 aliphatic carbocycles. The Morgan fingerprint density at radius 3 is 2.43 bits per heavy atom. The van der Waals surface area contributed by atoms with Crippen LogP contribution in [0.3, 0.4) is 0 Å². The Morgan fingerprint density at radius 2 is 1.74 bits per heavy atom. The van der Waals surface area contributed by atoms with E-state index in [1.807, 2.05) is 0 Å². The number of anilines is 1. The van der Waals surface area contributed by atoms with Crippen LogP contribution in [0.4, 0.5) is 5.69 Å². The van der Waals surface area contributed by atoms with Crippen LogP contribution in [-0.4, -0.2) is 28.5 Å². The lowest BCUT2D eigenvalue weighted by atomic mass is 9.94. The van der Waals surface area contributed by atoms with Crippen LogP contribution in [0, 0.1) is 6.92 Å². The molecule has 1 amide bonds. The van der Waals surface area contributed by atoms with Crippen molar-refractivity contribution in [2.45, 2.75) is 19.9 Å². The molecule has 0 radical (unpaired) electrons. The molecular weight excluding hydrogens is 513 g/mol. The third-order valence-corrected chi connectivity index (χ3v) is 6.88. The van der Waals surface area contributed by atoms with Crippen molar-refractivity contribution in [1.82, 2.24) is 0 Å².